The van der Waals surface area contributed by atoms with Crippen LogP contribution in [-0.4, -0.2) is 86.4 Å². The van der Waals surface area contributed by atoms with Gasteiger partial charge in [-0.1, -0.05) is 18.2 Å². The molecule has 2 aromatic rings. The monoisotopic (exact) mass is 574 g/mol. The quantitative estimate of drug-likeness (QED) is 0.313. The minimum Gasteiger partial charge on any atom is -0.400 e. The molecule has 0 aliphatic carbocycles. The number of halogens is 1. The molecule has 3 atom stereocenters. The summed E-state index contributed by atoms with van der Waals surface area (Å²) < 4.78 is 20.5. The summed E-state index contributed by atoms with van der Waals surface area (Å²) in [6.45, 7) is 8.93. The molecule has 0 saturated carbocycles. The van der Waals surface area contributed by atoms with E-state index in [1.165, 1.54) is 11.0 Å². The van der Waals surface area contributed by atoms with Crippen LogP contribution in [0.15, 0.2) is 36.4 Å². The van der Waals surface area contributed by atoms with Gasteiger partial charge in [0.1, 0.15) is 18.4 Å². The van der Waals surface area contributed by atoms with Gasteiger partial charge >= 0.3 is 0 Å². The Morgan fingerprint density at radius 3 is 2.37 bits per heavy atom. The third-order valence-corrected chi connectivity index (χ3v) is 6.53. The summed E-state index contributed by atoms with van der Waals surface area (Å²) in [5.74, 6) is -0.284. The number of amides is 1. The first kappa shape index (κ1) is 35.8. The number of carbonyl (C=O) groups excluding carboxylic acids is 3. The minimum atomic E-state index is -0.681. The maximum atomic E-state index is 14.7. The van der Waals surface area contributed by atoms with Crippen LogP contribution in [0.2, 0.25) is 0 Å². The highest BCUT2D eigenvalue weighted by molar-refractivity contribution is 5.66. The first-order chi connectivity index (χ1) is 19.8. The van der Waals surface area contributed by atoms with E-state index in [0.717, 1.165) is 55.4 Å². The van der Waals surface area contributed by atoms with Gasteiger partial charge in [-0.25, -0.2) is 4.39 Å². The number of hydrogen-bond donors (Lipinski definition) is 3. The van der Waals surface area contributed by atoms with Crippen molar-refractivity contribution in [1.82, 2.24) is 15.1 Å². The fraction of sp³-hybridized carbons (Fsp3) is 0.516. The van der Waals surface area contributed by atoms with Crippen molar-refractivity contribution in [2.45, 2.75) is 71.5 Å². The molecule has 1 fully saturated rings. The van der Waals surface area contributed by atoms with Crippen LogP contribution in [0.25, 0.3) is 0 Å². The molecule has 1 aliphatic rings. The Kier molecular flexibility index (Phi) is 17.3. The molecule has 0 radical (unpaired) electrons. The molecule has 10 heteroatoms. The molecule has 3 N–H and O–H groups in total. The number of rotatable bonds is 13. The molecule has 3 rings (SSSR count). The number of nitrogens with zero attached hydrogens (tertiary/aromatic N) is 2. The number of benzene rings is 2. The average molecular weight is 575 g/mol. The predicted molar refractivity (Wildman–Crippen MR) is 160 cm³/mol. The van der Waals surface area contributed by atoms with E-state index in [-0.39, 0.29) is 44.0 Å². The molecule has 41 heavy (non-hydrogen) atoms. The van der Waals surface area contributed by atoms with Crippen molar-refractivity contribution in [2.24, 2.45) is 0 Å². The number of aldehydes is 2. The van der Waals surface area contributed by atoms with Gasteiger partial charge in [0.05, 0.1) is 18.2 Å². The van der Waals surface area contributed by atoms with Gasteiger partial charge in [0.15, 0.2) is 0 Å². The summed E-state index contributed by atoms with van der Waals surface area (Å²) in [6, 6.07) is 10.2. The highest BCUT2D eigenvalue weighted by atomic mass is 19.1. The van der Waals surface area contributed by atoms with Crippen molar-refractivity contribution in [3.05, 3.63) is 64.5 Å². The van der Waals surface area contributed by atoms with Gasteiger partial charge in [0, 0.05) is 57.5 Å². The summed E-state index contributed by atoms with van der Waals surface area (Å²) >= 11 is 0. The minimum absolute atomic E-state index is 0.165. The van der Waals surface area contributed by atoms with Crippen molar-refractivity contribution in [1.29, 1.82) is 0 Å². The van der Waals surface area contributed by atoms with Gasteiger partial charge in [-0.2, -0.15) is 0 Å². The number of carbonyl (C=O) groups is 3. The predicted octanol–water partition coefficient (Wildman–Crippen LogP) is 3.30. The number of hydrogen-bond acceptors (Lipinski definition) is 8. The lowest BCUT2D eigenvalue weighted by molar-refractivity contribution is -0.126. The van der Waals surface area contributed by atoms with Gasteiger partial charge < -0.3 is 35.0 Å². The topological polar surface area (TPSA) is 111 Å². The fourth-order valence-corrected chi connectivity index (χ4v) is 4.77. The molecule has 1 heterocycles. The van der Waals surface area contributed by atoms with Crippen LogP contribution in [0.3, 0.4) is 0 Å². The molecule has 2 aromatic carbocycles. The number of ether oxygens (including phenoxy) is 1. The second-order valence-corrected chi connectivity index (χ2v) is 10.1. The molecule has 228 valence electrons. The summed E-state index contributed by atoms with van der Waals surface area (Å²) in [5, 5.41) is 13.1. The lowest BCUT2D eigenvalue weighted by Crippen LogP contribution is -2.44. The molecular weight excluding hydrogens is 527 g/mol. The highest BCUT2D eigenvalue weighted by Gasteiger charge is 2.22. The van der Waals surface area contributed by atoms with Crippen LogP contribution in [0.1, 0.15) is 48.9 Å². The molecule has 0 aromatic heterocycles. The van der Waals surface area contributed by atoms with Crippen molar-refractivity contribution in [2.75, 3.05) is 39.6 Å². The van der Waals surface area contributed by atoms with E-state index in [9.17, 15) is 18.8 Å². The lowest BCUT2D eigenvalue weighted by atomic mass is 10.0. The maximum Gasteiger partial charge on any atom is 0.210 e. The number of aliphatic hydroxyl groups is 1. The van der Waals surface area contributed by atoms with Crippen molar-refractivity contribution < 1.29 is 28.6 Å². The van der Waals surface area contributed by atoms with Crippen LogP contribution in [0.5, 0.6) is 0 Å². The van der Waals surface area contributed by atoms with E-state index >= 15 is 0 Å². The molecule has 3 unspecified atom stereocenters. The third-order valence-electron chi connectivity index (χ3n) is 6.53. The van der Waals surface area contributed by atoms with Gasteiger partial charge in [-0.05, 0) is 76.2 Å². The number of aryl methyl sites for hydroxylation is 1. The Balaban J connectivity index is 0.00000157. The van der Waals surface area contributed by atoms with E-state index < -0.39 is 6.04 Å². The van der Waals surface area contributed by atoms with Crippen LogP contribution >= 0.6 is 0 Å². The van der Waals surface area contributed by atoms with Gasteiger partial charge in [0.2, 0.25) is 6.41 Å². The summed E-state index contributed by atoms with van der Waals surface area (Å²) in [7, 11) is 4.75. The SMILES string of the molecule is CNC.CO.Cc1cccc(NCc2cc(CN3CC(C)OC(C)C3)ccc2F)c1CN(C=O)C(C=O)CCC=O. The fourth-order valence-electron chi connectivity index (χ4n) is 4.77. The summed E-state index contributed by atoms with van der Waals surface area (Å²) in [4.78, 5) is 37.8. The standard InChI is InChI=1S/C28H36FN3O4.C2H7N.CH4O/c1-20-6-4-8-28(26(20)17-32(19-35)25(18-34)7-5-11-33)30-13-24-12-23(9-10-27(24)29)16-31-14-21(2)36-22(3)15-31;1-3-2;1-2/h4,6,8-12,18-19,21-22,25,30H,5,7,13-17H2,1-3H3;3H,1-2H3;2H,1H3. The number of nitrogens with one attached hydrogen (secondary N) is 2. The molecule has 1 amide bonds. The van der Waals surface area contributed by atoms with E-state index in [1.54, 1.807) is 0 Å². The van der Waals surface area contributed by atoms with Gasteiger partial charge in [-0.15, -0.1) is 0 Å². The van der Waals surface area contributed by atoms with Crippen LogP contribution in [0, 0.1) is 12.7 Å². The first-order valence-electron chi connectivity index (χ1n) is 13.9. The molecule has 9 nitrogen and oxygen atoms in total. The maximum absolute atomic E-state index is 14.7. The van der Waals surface area contributed by atoms with Crippen molar-refractivity contribution in [3.8, 4) is 0 Å². The number of anilines is 1. The molecule has 0 spiro atoms. The number of aliphatic hydroxyl groups excluding tert-OH is 1. The molecule has 1 saturated heterocycles. The third kappa shape index (κ3) is 12.1. The van der Waals surface area contributed by atoms with Crippen LogP contribution in [0.4, 0.5) is 10.1 Å². The van der Waals surface area contributed by atoms with Crippen molar-refractivity contribution in [3.63, 3.8) is 0 Å². The van der Waals surface area contributed by atoms with Gasteiger partial charge in [-0.3, -0.25) is 9.69 Å². The Morgan fingerprint density at radius 1 is 1.12 bits per heavy atom. The van der Waals surface area contributed by atoms with E-state index in [0.29, 0.717) is 18.3 Å². The smallest absolute Gasteiger partial charge is 0.210 e. The average Bonchev–Trinajstić information content (AvgIpc) is 2.95. The number of morpholine rings is 1. The Hall–Kier alpha value is -3.18. The Morgan fingerprint density at radius 2 is 1.78 bits per heavy atom. The molecular formula is C31H47FN4O5. The second kappa shape index (κ2) is 19.8. The zero-order chi connectivity index (χ0) is 30.8. The zero-order valence-corrected chi connectivity index (χ0v) is 25.2. The van der Waals surface area contributed by atoms with Crippen LogP contribution in [-0.2, 0) is 38.8 Å². The normalized spacial score (nSPS) is 17.2. The molecule has 1 aliphatic heterocycles. The summed E-state index contributed by atoms with van der Waals surface area (Å²) in [6.07, 6.45) is 2.88. The van der Waals surface area contributed by atoms with E-state index in [2.05, 4.69) is 29.4 Å². The molecule has 0 bridgehead atoms. The van der Waals surface area contributed by atoms with Gasteiger partial charge in [0.25, 0.3) is 0 Å². The Labute approximate surface area is 244 Å². The Bertz CT molecular complexity index is 1060. The highest BCUT2D eigenvalue weighted by Crippen LogP contribution is 2.24. The lowest BCUT2D eigenvalue weighted by Gasteiger charge is -2.35. The first-order valence-corrected chi connectivity index (χ1v) is 13.9. The van der Waals surface area contributed by atoms with E-state index in [1.807, 2.05) is 51.4 Å². The zero-order valence-electron chi connectivity index (χ0n) is 25.2. The largest absolute Gasteiger partial charge is 0.400 e. The van der Waals surface area contributed by atoms with Crippen molar-refractivity contribution >= 4 is 24.7 Å². The summed E-state index contributed by atoms with van der Waals surface area (Å²) in [5.41, 5.74) is 4.14. The van der Waals surface area contributed by atoms with E-state index in [4.69, 9.17) is 9.84 Å². The van der Waals surface area contributed by atoms with Crippen LogP contribution < -0.4 is 10.6 Å². The second-order valence-electron chi connectivity index (χ2n) is 10.1.